The first-order valence-corrected chi connectivity index (χ1v) is 9.89. The fourth-order valence-electron chi connectivity index (χ4n) is 3.62. The molecule has 8 heteroatoms. The van der Waals surface area contributed by atoms with Crippen LogP contribution in [0.1, 0.15) is 56.9 Å². The molecule has 0 unspecified atom stereocenters. The number of anilines is 1. The largest absolute Gasteiger partial charge is 0.299 e. The van der Waals surface area contributed by atoms with Crippen molar-refractivity contribution in [1.29, 1.82) is 0 Å². The summed E-state index contributed by atoms with van der Waals surface area (Å²) in [5, 5.41) is 12.0. The van der Waals surface area contributed by atoms with Gasteiger partial charge in [0.1, 0.15) is 11.6 Å². The topological polar surface area (TPSA) is 92.3 Å². The van der Waals surface area contributed by atoms with Crippen LogP contribution in [0.4, 0.5) is 5.13 Å². The Morgan fingerprint density at radius 3 is 2.48 bits per heavy atom. The van der Waals surface area contributed by atoms with Crippen molar-refractivity contribution in [1.82, 2.24) is 15.1 Å². The van der Waals surface area contributed by atoms with Gasteiger partial charge in [0.05, 0.1) is 11.8 Å². The van der Waals surface area contributed by atoms with E-state index in [1.165, 1.54) is 11.3 Å². The summed E-state index contributed by atoms with van der Waals surface area (Å²) in [5.74, 6) is -1.22. The quantitative estimate of drug-likeness (QED) is 0.592. The van der Waals surface area contributed by atoms with Crippen molar-refractivity contribution in [2.45, 2.75) is 58.3 Å². The molecule has 1 aliphatic heterocycles. The van der Waals surface area contributed by atoms with Gasteiger partial charge in [0.2, 0.25) is 22.9 Å². The summed E-state index contributed by atoms with van der Waals surface area (Å²) in [6, 6.07) is 0. The molecule has 3 amide bonds. The zero-order valence-electron chi connectivity index (χ0n) is 14.5. The highest BCUT2D eigenvalue weighted by Gasteiger charge is 2.48. The van der Waals surface area contributed by atoms with E-state index in [2.05, 4.69) is 22.4 Å². The first-order valence-electron chi connectivity index (χ1n) is 9.07. The fourth-order valence-corrected chi connectivity index (χ4v) is 4.42. The van der Waals surface area contributed by atoms with Crippen molar-refractivity contribution in [2.24, 2.45) is 11.8 Å². The Hall–Kier alpha value is -1.83. The maximum absolute atomic E-state index is 12.4. The summed E-state index contributed by atoms with van der Waals surface area (Å²) < 4.78 is 0. The lowest BCUT2D eigenvalue weighted by molar-refractivity contribution is -0.142. The molecule has 2 fully saturated rings. The van der Waals surface area contributed by atoms with Crippen LogP contribution in [0.5, 0.6) is 0 Å². The number of nitrogens with one attached hydrogen (secondary N) is 1. The fraction of sp³-hybridized carbons (Fsp3) is 0.706. The third-order valence-electron chi connectivity index (χ3n) is 4.94. The lowest BCUT2D eigenvalue weighted by Gasteiger charge is -2.19. The minimum Gasteiger partial charge on any atom is -0.299 e. The van der Waals surface area contributed by atoms with Gasteiger partial charge in [0, 0.05) is 6.42 Å². The van der Waals surface area contributed by atoms with Crippen LogP contribution in [0.15, 0.2) is 0 Å². The van der Waals surface area contributed by atoms with Gasteiger partial charge in [-0.2, -0.15) is 0 Å². The van der Waals surface area contributed by atoms with Crippen molar-refractivity contribution < 1.29 is 14.4 Å². The molecule has 0 radical (unpaired) electrons. The molecule has 1 aromatic heterocycles. The number of hydrogen-bond donors (Lipinski definition) is 1. The van der Waals surface area contributed by atoms with E-state index in [-0.39, 0.29) is 30.2 Å². The second-order valence-electron chi connectivity index (χ2n) is 6.77. The number of rotatable bonds is 7. The number of carbonyl (C=O) groups excluding carboxylic acids is 3. The first-order chi connectivity index (χ1) is 12.1. The zero-order valence-corrected chi connectivity index (χ0v) is 15.3. The van der Waals surface area contributed by atoms with Gasteiger partial charge in [-0.05, 0) is 19.3 Å². The number of fused-ring (bicyclic) bond motifs is 1. The van der Waals surface area contributed by atoms with E-state index < -0.39 is 5.91 Å². The van der Waals surface area contributed by atoms with Crippen molar-refractivity contribution in [3.8, 4) is 0 Å². The molecule has 3 rings (SSSR count). The van der Waals surface area contributed by atoms with E-state index in [4.69, 9.17) is 0 Å². The standard InChI is InChI=1S/C17H24N4O3S/c1-2-3-4-9-14-19-20-17(25-14)18-13(22)10-21-15(23)11-7-5-6-8-12(11)16(21)24/h11-12H,2-10H2,1H3,(H,18,20,22)/t11-,12-/m1/s1. The van der Waals surface area contributed by atoms with Gasteiger partial charge in [0.25, 0.3) is 0 Å². The number of carbonyl (C=O) groups is 3. The first kappa shape index (κ1) is 18.0. The molecule has 2 aliphatic rings. The van der Waals surface area contributed by atoms with Gasteiger partial charge < -0.3 is 0 Å². The Bertz CT molecular complexity index is 636. The predicted octanol–water partition coefficient (Wildman–Crippen LogP) is 2.38. The van der Waals surface area contributed by atoms with Crippen LogP contribution in [0, 0.1) is 11.8 Å². The molecule has 2 heterocycles. The molecule has 1 saturated carbocycles. The third-order valence-corrected chi connectivity index (χ3v) is 5.84. The van der Waals surface area contributed by atoms with E-state index in [0.717, 1.165) is 61.3 Å². The predicted molar refractivity (Wildman–Crippen MR) is 93.9 cm³/mol. The highest BCUT2D eigenvalue weighted by molar-refractivity contribution is 7.15. The Labute approximate surface area is 151 Å². The lowest BCUT2D eigenvalue weighted by Crippen LogP contribution is -2.38. The van der Waals surface area contributed by atoms with Crippen molar-refractivity contribution >= 4 is 34.2 Å². The maximum atomic E-state index is 12.4. The third kappa shape index (κ3) is 4.05. The molecule has 1 N–H and O–H groups in total. The van der Waals surface area contributed by atoms with Crippen molar-refractivity contribution in [3.63, 3.8) is 0 Å². The van der Waals surface area contributed by atoms with E-state index >= 15 is 0 Å². The molecule has 0 bridgehead atoms. The average molecular weight is 364 g/mol. The average Bonchev–Trinajstić information content (AvgIpc) is 3.14. The number of hydrogen-bond acceptors (Lipinski definition) is 6. The lowest BCUT2D eigenvalue weighted by atomic mass is 9.81. The molecule has 1 aliphatic carbocycles. The molecular formula is C17H24N4O3S. The highest BCUT2D eigenvalue weighted by Crippen LogP contribution is 2.37. The van der Waals surface area contributed by atoms with Gasteiger partial charge in [-0.1, -0.05) is 43.9 Å². The zero-order chi connectivity index (χ0) is 17.8. The number of aryl methyl sites for hydroxylation is 1. The molecule has 2 atom stereocenters. The Morgan fingerprint density at radius 1 is 1.16 bits per heavy atom. The summed E-state index contributed by atoms with van der Waals surface area (Å²) in [5.41, 5.74) is 0. The summed E-state index contributed by atoms with van der Waals surface area (Å²) in [6.07, 6.45) is 7.66. The number of imide groups is 1. The summed E-state index contributed by atoms with van der Waals surface area (Å²) in [6.45, 7) is 1.91. The normalized spacial score (nSPS) is 23.0. The molecule has 0 spiro atoms. The SMILES string of the molecule is CCCCCc1nnc(NC(=O)CN2C(=O)[C@@H]3CCCC[C@H]3C2=O)s1. The van der Waals surface area contributed by atoms with Gasteiger partial charge in [-0.3, -0.25) is 24.6 Å². The van der Waals surface area contributed by atoms with E-state index in [9.17, 15) is 14.4 Å². The van der Waals surface area contributed by atoms with Crippen LogP contribution < -0.4 is 5.32 Å². The van der Waals surface area contributed by atoms with Gasteiger partial charge >= 0.3 is 0 Å². The number of unbranched alkanes of at least 4 members (excludes halogenated alkanes) is 2. The van der Waals surface area contributed by atoms with E-state index in [0.29, 0.717) is 5.13 Å². The Balaban J connectivity index is 1.54. The van der Waals surface area contributed by atoms with Crippen molar-refractivity contribution in [3.05, 3.63) is 5.01 Å². The van der Waals surface area contributed by atoms with Crippen LogP contribution in [0.2, 0.25) is 0 Å². The second-order valence-corrected chi connectivity index (χ2v) is 7.83. The Kier molecular flexibility index (Phi) is 5.78. The molecule has 0 aromatic carbocycles. The minimum absolute atomic E-state index is 0.192. The maximum Gasteiger partial charge on any atom is 0.246 e. The van der Waals surface area contributed by atoms with Gasteiger partial charge in [0.15, 0.2) is 0 Å². The van der Waals surface area contributed by atoms with Crippen LogP contribution in [0.3, 0.4) is 0 Å². The van der Waals surface area contributed by atoms with Crippen LogP contribution in [-0.2, 0) is 20.8 Å². The second kappa shape index (κ2) is 8.03. The number of amides is 3. The molecule has 1 aromatic rings. The number of aromatic nitrogens is 2. The molecule has 25 heavy (non-hydrogen) atoms. The number of likely N-dealkylation sites (tertiary alicyclic amines) is 1. The number of nitrogens with zero attached hydrogens (tertiary/aromatic N) is 3. The summed E-state index contributed by atoms with van der Waals surface area (Å²) >= 11 is 1.35. The molecule has 7 nitrogen and oxygen atoms in total. The highest BCUT2D eigenvalue weighted by atomic mass is 32.1. The van der Waals surface area contributed by atoms with E-state index in [1.807, 2.05) is 0 Å². The smallest absolute Gasteiger partial charge is 0.246 e. The van der Waals surface area contributed by atoms with Gasteiger partial charge in [-0.15, -0.1) is 10.2 Å². The Morgan fingerprint density at radius 2 is 1.84 bits per heavy atom. The molecular weight excluding hydrogens is 340 g/mol. The minimum atomic E-state index is -0.392. The van der Waals surface area contributed by atoms with Crippen LogP contribution in [-0.4, -0.2) is 39.4 Å². The van der Waals surface area contributed by atoms with Crippen LogP contribution >= 0.6 is 11.3 Å². The molecule has 1 saturated heterocycles. The summed E-state index contributed by atoms with van der Waals surface area (Å²) in [7, 11) is 0. The molecule has 136 valence electrons. The van der Waals surface area contributed by atoms with Crippen LogP contribution in [0.25, 0.3) is 0 Å². The van der Waals surface area contributed by atoms with Gasteiger partial charge in [-0.25, -0.2) is 0 Å². The summed E-state index contributed by atoms with van der Waals surface area (Å²) in [4.78, 5) is 38.1. The van der Waals surface area contributed by atoms with E-state index in [1.54, 1.807) is 0 Å². The van der Waals surface area contributed by atoms with Crippen molar-refractivity contribution in [2.75, 3.05) is 11.9 Å². The monoisotopic (exact) mass is 364 g/mol.